The molecule has 0 bridgehead atoms. The molecular weight excluding hydrogens is 306 g/mol. The fourth-order valence-corrected chi connectivity index (χ4v) is 4.67. The Hall–Kier alpha value is -1.47. The minimum Gasteiger partial charge on any atom is -0.379 e. The summed E-state index contributed by atoms with van der Waals surface area (Å²) in [7, 11) is 0. The molecule has 3 aliphatic rings. The molecule has 7 nitrogen and oxygen atoms in total. The Kier molecular flexibility index (Phi) is 4.30. The number of nitrogens with one attached hydrogen (secondary N) is 2. The molecule has 2 saturated carbocycles. The van der Waals surface area contributed by atoms with Crippen LogP contribution < -0.4 is 5.32 Å². The van der Waals surface area contributed by atoms with Crippen LogP contribution in [0.4, 0.5) is 0 Å². The normalized spacial score (nSPS) is 26.0. The zero-order valence-corrected chi connectivity index (χ0v) is 14.2. The van der Waals surface area contributed by atoms with Crippen molar-refractivity contribution in [3.05, 3.63) is 12.2 Å². The lowest BCUT2D eigenvalue weighted by Crippen LogP contribution is -2.57. The summed E-state index contributed by atoms with van der Waals surface area (Å²) in [6.45, 7) is 3.46. The molecule has 0 aromatic carbocycles. The van der Waals surface area contributed by atoms with Crippen molar-refractivity contribution in [3.8, 4) is 0 Å². The van der Waals surface area contributed by atoms with Crippen LogP contribution in [0.3, 0.4) is 0 Å². The van der Waals surface area contributed by atoms with Crippen molar-refractivity contribution in [2.75, 3.05) is 26.3 Å². The molecule has 2 aliphatic carbocycles. The van der Waals surface area contributed by atoms with Crippen molar-refractivity contribution in [2.24, 2.45) is 0 Å². The van der Waals surface area contributed by atoms with Crippen LogP contribution >= 0.6 is 0 Å². The molecular formula is C17H27N5O2. The van der Waals surface area contributed by atoms with Crippen LogP contribution in [0.25, 0.3) is 0 Å². The highest BCUT2D eigenvalue weighted by Crippen LogP contribution is 2.41. The van der Waals surface area contributed by atoms with Gasteiger partial charge in [-0.05, 0) is 32.1 Å². The van der Waals surface area contributed by atoms with Crippen molar-refractivity contribution >= 4 is 5.91 Å². The summed E-state index contributed by atoms with van der Waals surface area (Å²) in [5, 5.41) is 10.2. The van der Waals surface area contributed by atoms with E-state index in [4.69, 9.17) is 4.74 Å². The first kappa shape index (κ1) is 16.0. The predicted octanol–water partition coefficient (Wildman–Crippen LogP) is 1.34. The molecule has 24 heavy (non-hydrogen) atoms. The standard InChI is InChI=1S/C17H27N5O2/c23-14(20-17(6-3-7-17)15-18-13-19-21-15)12-16(4-1-2-5-16)22-8-10-24-11-9-22/h13H,1-12H2,(H,20,23)(H,18,19,21). The molecule has 1 amide bonds. The first-order valence-corrected chi connectivity index (χ1v) is 9.22. The number of amides is 1. The van der Waals surface area contributed by atoms with Crippen LogP contribution in [0.2, 0.25) is 0 Å². The number of aromatic nitrogens is 3. The number of H-pyrrole nitrogens is 1. The lowest BCUT2D eigenvalue weighted by atomic mass is 9.75. The molecule has 0 unspecified atom stereocenters. The van der Waals surface area contributed by atoms with Crippen molar-refractivity contribution < 1.29 is 9.53 Å². The van der Waals surface area contributed by atoms with E-state index in [0.717, 1.165) is 64.2 Å². The van der Waals surface area contributed by atoms with E-state index in [2.05, 4.69) is 25.4 Å². The van der Waals surface area contributed by atoms with Crippen LogP contribution in [0, 0.1) is 0 Å². The average molecular weight is 333 g/mol. The van der Waals surface area contributed by atoms with Crippen molar-refractivity contribution in [2.45, 2.75) is 62.4 Å². The third-order valence-electron chi connectivity index (χ3n) is 6.16. The number of hydrogen-bond donors (Lipinski definition) is 2. The Morgan fingerprint density at radius 2 is 1.96 bits per heavy atom. The number of hydrogen-bond acceptors (Lipinski definition) is 5. The number of morpholine rings is 1. The maximum Gasteiger partial charge on any atom is 0.222 e. The first-order valence-electron chi connectivity index (χ1n) is 9.22. The molecule has 2 heterocycles. The largest absolute Gasteiger partial charge is 0.379 e. The lowest BCUT2D eigenvalue weighted by Gasteiger charge is -2.45. The second-order valence-electron chi connectivity index (χ2n) is 7.53. The summed E-state index contributed by atoms with van der Waals surface area (Å²) in [5.41, 5.74) is -0.293. The summed E-state index contributed by atoms with van der Waals surface area (Å²) in [4.78, 5) is 19.7. The molecule has 7 heteroatoms. The summed E-state index contributed by atoms with van der Waals surface area (Å²) >= 11 is 0. The zero-order valence-electron chi connectivity index (χ0n) is 14.2. The van der Waals surface area contributed by atoms with Gasteiger partial charge in [-0.2, -0.15) is 5.10 Å². The van der Waals surface area contributed by atoms with E-state index in [0.29, 0.717) is 6.42 Å². The van der Waals surface area contributed by atoms with E-state index in [1.165, 1.54) is 19.2 Å². The maximum absolute atomic E-state index is 12.9. The smallest absolute Gasteiger partial charge is 0.222 e. The number of carbonyl (C=O) groups excluding carboxylic acids is 1. The van der Waals surface area contributed by atoms with Crippen LogP contribution in [0.5, 0.6) is 0 Å². The molecule has 2 N–H and O–H groups in total. The van der Waals surface area contributed by atoms with Crippen LogP contribution in [-0.2, 0) is 15.1 Å². The van der Waals surface area contributed by atoms with E-state index < -0.39 is 0 Å². The van der Waals surface area contributed by atoms with Gasteiger partial charge in [0.2, 0.25) is 5.91 Å². The van der Waals surface area contributed by atoms with Gasteiger partial charge in [0, 0.05) is 25.0 Å². The van der Waals surface area contributed by atoms with E-state index in [9.17, 15) is 4.79 Å². The van der Waals surface area contributed by atoms with Gasteiger partial charge in [-0.3, -0.25) is 14.8 Å². The topological polar surface area (TPSA) is 83.1 Å². The second-order valence-corrected chi connectivity index (χ2v) is 7.53. The average Bonchev–Trinajstić information content (AvgIpc) is 3.24. The molecule has 0 atom stereocenters. The quantitative estimate of drug-likeness (QED) is 0.849. The second kappa shape index (κ2) is 6.44. The number of nitrogens with zero attached hydrogens (tertiary/aromatic N) is 3. The number of rotatable bonds is 5. The fraction of sp³-hybridized carbons (Fsp3) is 0.824. The molecule has 3 fully saturated rings. The van der Waals surface area contributed by atoms with Gasteiger partial charge in [-0.1, -0.05) is 12.8 Å². The predicted molar refractivity (Wildman–Crippen MR) is 88.3 cm³/mol. The molecule has 1 aromatic rings. The van der Waals surface area contributed by atoms with Gasteiger partial charge in [-0.25, -0.2) is 4.98 Å². The summed E-state index contributed by atoms with van der Waals surface area (Å²) in [6, 6.07) is 0. The molecule has 1 saturated heterocycles. The molecule has 1 aromatic heterocycles. The maximum atomic E-state index is 12.9. The monoisotopic (exact) mass is 333 g/mol. The van der Waals surface area contributed by atoms with Crippen LogP contribution in [0.1, 0.15) is 57.2 Å². The zero-order chi connectivity index (χ0) is 16.5. The van der Waals surface area contributed by atoms with Crippen LogP contribution in [-0.4, -0.2) is 57.8 Å². The Bertz CT molecular complexity index is 558. The molecule has 132 valence electrons. The van der Waals surface area contributed by atoms with Gasteiger partial charge < -0.3 is 10.1 Å². The van der Waals surface area contributed by atoms with E-state index >= 15 is 0 Å². The first-order chi connectivity index (χ1) is 11.7. The lowest BCUT2D eigenvalue weighted by molar-refractivity contribution is -0.129. The Morgan fingerprint density at radius 3 is 2.54 bits per heavy atom. The Balaban J connectivity index is 1.45. The van der Waals surface area contributed by atoms with Gasteiger partial charge in [0.1, 0.15) is 12.2 Å². The SMILES string of the molecule is O=C(CC1(N2CCOCC2)CCCC1)NC1(c2ncn[nH]2)CCC1. The van der Waals surface area contributed by atoms with Gasteiger partial charge in [-0.15, -0.1) is 0 Å². The number of ether oxygens (including phenoxy) is 1. The van der Waals surface area contributed by atoms with E-state index in [1.54, 1.807) is 0 Å². The summed E-state index contributed by atoms with van der Waals surface area (Å²) in [6.07, 6.45) is 9.80. The summed E-state index contributed by atoms with van der Waals surface area (Å²) in [5.74, 6) is 0.952. The molecule has 0 spiro atoms. The molecule has 0 radical (unpaired) electrons. The van der Waals surface area contributed by atoms with E-state index in [1.807, 2.05) is 0 Å². The van der Waals surface area contributed by atoms with Gasteiger partial charge in [0.05, 0.1) is 18.8 Å². The fourth-order valence-electron chi connectivity index (χ4n) is 4.67. The third-order valence-corrected chi connectivity index (χ3v) is 6.16. The van der Waals surface area contributed by atoms with Crippen molar-refractivity contribution in [3.63, 3.8) is 0 Å². The minimum atomic E-state index is -0.321. The van der Waals surface area contributed by atoms with Crippen LogP contribution in [0.15, 0.2) is 6.33 Å². The highest BCUT2D eigenvalue weighted by Gasteiger charge is 2.46. The Morgan fingerprint density at radius 1 is 1.21 bits per heavy atom. The highest BCUT2D eigenvalue weighted by atomic mass is 16.5. The van der Waals surface area contributed by atoms with Crippen molar-refractivity contribution in [1.82, 2.24) is 25.4 Å². The van der Waals surface area contributed by atoms with Gasteiger partial charge >= 0.3 is 0 Å². The van der Waals surface area contributed by atoms with Crippen molar-refractivity contribution in [1.29, 1.82) is 0 Å². The minimum absolute atomic E-state index is 0.0280. The Labute approximate surface area is 142 Å². The van der Waals surface area contributed by atoms with Gasteiger partial charge in [0.25, 0.3) is 0 Å². The number of aromatic amines is 1. The number of carbonyl (C=O) groups is 1. The molecule has 4 rings (SSSR count). The summed E-state index contributed by atoms with van der Waals surface area (Å²) < 4.78 is 5.50. The van der Waals surface area contributed by atoms with Gasteiger partial charge in [0.15, 0.2) is 0 Å². The van der Waals surface area contributed by atoms with E-state index in [-0.39, 0.29) is 17.0 Å². The molecule has 1 aliphatic heterocycles. The third kappa shape index (κ3) is 2.84. The highest BCUT2D eigenvalue weighted by molar-refractivity contribution is 5.78.